The molecule has 0 aliphatic heterocycles. The topological polar surface area (TPSA) is 84.6 Å². The van der Waals surface area contributed by atoms with Crippen LogP contribution in [-0.2, 0) is 11.3 Å². The normalized spacial score (nSPS) is 13.2. The van der Waals surface area contributed by atoms with E-state index in [4.69, 9.17) is 10.6 Å². The van der Waals surface area contributed by atoms with E-state index < -0.39 is 0 Å². The maximum atomic E-state index is 5.41. The summed E-state index contributed by atoms with van der Waals surface area (Å²) in [5, 5.41) is 3.11. The Morgan fingerprint density at radius 1 is 1.56 bits per heavy atom. The van der Waals surface area contributed by atoms with E-state index in [9.17, 15) is 0 Å². The molecule has 0 aliphatic rings. The number of nitrogens with zero attached hydrogens (tertiary/aromatic N) is 2. The highest BCUT2D eigenvalue weighted by Gasteiger charge is 2.03. The largest absolute Gasteiger partial charge is 0.383 e. The number of aromatic nitrogens is 1. The fourth-order valence-electron chi connectivity index (χ4n) is 1.51. The number of hydrogen-bond donors (Lipinski definition) is 3. The van der Waals surface area contributed by atoms with Gasteiger partial charge < -0.3 is 10.1 Å². The lowest BCUT2D eigenvalue weighted by Crippen LogP contribution is -2.46. The van der Waals surface area contributed by atoms with E-state index in [-0.39, 0.29) is 6.04 Å². The van der Waals surface area contributed by atoms with Crippen molar-refractivity contribution in [3.63, 3.8) is 0 Å². The van der Waals surface area contributed by atoms with E-state index in [0.717, 1.165) is 11.4 Å². The van der Waals surface area contributed by atoms with Gasteiger partial charge in [-0.3, -0.25) is 10.4 Å². The summed E-state index contributed by atoms with van der Waals surface area (Å²) in [6, 6.07) is 5.98. The van der Waals surface area contributed by atoms with Crippen molar-refractivity contribution in [1.29, 1.82) is 0 Å². The quantitative estimate of drug-likeness (QED) is 0.304. The van der Waals surface area contributed by atoms with Crippen LogP contribution in [0.15, 0.2) is 23.2 Å². The van der Waals surface area contributed by atoms with Crippen molar-refractivity contribution >= 4 is 5.96 Å². The van der Waals surface area contributed by atoms with Gasteiger partial charge in [-0.2, -0.15) is 0 Å². The first-order chi connectivity index (χ1) is 8.65. The van der Waals surface area contributed by atoms with E-state index in [1.807, 2.05) is 32.0 Å². The van der Waals surface area contributed by atoms with Gasteiger partial charge in [0, 0.05) is 18.8 Å². The van der Waals surface area contributed by atoms with Crippen molar-refractivity contribution in [3.8, 4) is 0 Å². The molecule has 100 valence electrons. The third kappa shape index (κ3) is 5.11. The van der Waals surface area contributed by atoms with Gasteiger partial charge in [0.2, 0.25) is 5.96 Å². The second-order valence-corrected chi connectivity index (χ2v) is 4.08. The first kappa shape index (κ1) is 14.4. The molecule has 0 spiro atoms. The molecule has 6 nitrogen and oxygen atoms in total. The number of hydrogen-bond acceptors (Lipinski definition) is 4. The van der Waals surface area contributed by atoms with Crippen molar-refractivity contribution in [2.45, 2.75) is 26.4 Å². The lowest BCUT2D eigenvalue weighted by Gasteiger charge is -2.15. The van der Waals surface area contributed by atoms with Gasteiger partial charge in [-0.05, 0) is 26.0 Å². The van der Waals surface area contributed by atoms with E-state index in [1.54, 1.807) is 7.11 Å². The van der Waals surface area contributed by atoms with Gasteiger partial charge in [0.25, 0.3) is 0 Å². The number of methoxy groups -OCH3 is 1. The van der Waals surface area contributed by atoms with Gasteiger partial charge in [-0.1, -0.05) is 6.07 Å². The Bertz CT molecular complexity index is 394. The predicted molar refractivity (Wildman–Crippen MR) is 71.9 cm³/mol. The molecule has 1 aromatic heterocycles. The van der Waals surface area contributed by atoms with Crippen molar-refractivity contribution in [2.75, 3.05) is 13.7 Å². The second-order valence-electron chi connectivity index (χ2n) is 4.08. The average molecular weight is 251 g/mol. The van der Waals surface area contributed by atoms with Crippen LogP contribution in [0.2, 0.25) is 0 Å². The molecule has 0 aromatic carbocycles. The molecule has 1 unspecified atom stereocenters. The minimum absolute atomic E-state index is 0.135. The summed E-state index contributed by atoms with van der Waals surface area (Å²) < 4.78 is 5.03. The molecular formula is C12H21N5O. The SMILES string of the molecule is COCC(C)NC(=NCc1cccc(C)n1)NN. The van der Waals surface area contributed by atoms with Gasteiger partial charge in [0.05, 0.1) is 18.8 Å². The van der Waals surface area contributed by atoms with Crippen LogP contribution in [-0.4, -0.2) is 30.7 Å². The van der Waals surface area contributed by atoms with Gasteiger partial charge in [0.1, 0.15) is 0 Å². The van der Waals surface area contributed by atoms with E-state index in [1.165, 1.54) is 0 Å². The zero-order chi connectivity index (χ0) is 13.4. The molecule has 0 bridgehead atoms. The second kappa shape index (κ2) is 7.62. The summed E-state index contributed by atoms with van der Waals surface area (Å²) in [4.78, 5) is 8.69. The van der Waals surface area contributed by atoms with Crippen molar-refractivity contribution < 1.29 is 4.74 Å². The van der Waals surface area contributed by atoms with Crippen LogP contribution in [0.5, 0.6) is 0 Å². The monoisotopic (exact) mass is 251 g/mol. The maximum Gasteiger partial charge on any atom is 0.206 e. The number of pyridine rings is 1. The number of nitrogens with two attached hydrogens (primary N) is 1. The zero-order valence-electron chi connectivity index (χ0n) is 11.1. The number of rotatable bonds is 5. The van der Waals surface area contributed by atoms with Crippen LogP contribution in [0.4, 0.5) is 0 Å². The van der Waals surface area contributed by atoms with E-state index >= 15 is 0 Å². The Morgan fingerprint density at radius 2 is 2.33 bits per heavy atom. The number of aryl methyl sites for hydroxylation is 1. The average Bonchev–Trinajstić information content (AvgIpc) is 2.35. The molecule has 0 radical (unpaired) electrons. The summed E-state index contributed by atoms with van der Waals surface area (Å²) in [5.41, 5.74) is 4.42. The van der Waals surface area contributed by atoms with Gasteiger partial charge in [-0.15, -0.1) is 0 Å². The summed E-state index contributed by atoms with van der Waals surface area (Å²) in [6.45, 7) is 5.01. The summed E-state index contributed by atoms with van der Waals surface area (Å²) in [5.74, 6) is 5.94. The minimum Gasteiger partial charge on any atom is -0.383 e. The lowest BCUT2D eigenvalue weighted by atomic mass is 10.3. The Kier molecular flexibility index (Phi) is 6.10. The highest BCUT2D eigenvalue weighted by atomic mass is 16.5. The zero-order valence-corrected chi connectivity index (χ0v) is 11.1. The maximum absolute atomic E-state index is 5.41. The number of hydrazine groups is 1. The molecule has 0 saturated carbocycles. The highest BCUT2D eigenvalue weighted by Crippen LogP contribution is 1.99. The molecular weight excluding hydrogens is 230 g/mol. The number of nitrogens with one attached hydrogen (secondary N) is 2. The van der Waals surface area contributed by atoms with E-state index in [0.29, 0.717) is 19.1 Å². The smallest absolute Gasteiger partial charge is 0.206 e. The van der Waals surface area contributed by atoms with Crippen molar-refractivity contribution in [2.24, 2.45) is 10.8 Å². The Balaban J connectivity index is 2.57. The molecule has 1 rings (SSSR count). The molecule has 1 atom stereocenters. The molecule has 0 aliphatic carbocycles. The van der Waals surface area contributed by atoms with Crippen LogP contribution < -0.4 is 16.6 Å². The fourth-order valence-corrected chi connectivity index (χ4v) is 1.51. The van der Waals surface area contributed by atoms with Crippen LogP contribution in [0.3, 0.4) is 0 Å². The highest BCUT2D eigenvalue weighted by molar-refractivity contribution is 5.79. The van der Waals surface area contributed by atoms with Crippen molar-refractivity contribution in [1.82, 2.24) is 15.7 Å². The molecule has 0 fully saturated rings. The first-order valence-electron chi connectivity index (χ1n) is 5.84. The summed E-state index contributed by atoms with van der Waals surface area (Å²) in [6.07, 6.45) is 0. The fraction of sp³-hybridized carbons (Fsp3) is 0.500. The molecule has 0 amide bonds. The van der Waals surface area contributed by atoms with Crippen LogP contribution in [0, 0.1) is 6.92 Å². The third-order valence-electron chi connectivity index (χ3n) is 2.28. The number of ether oxygens (including phenoxy) is 1. The molecule has 0 saturated heterocycles. The van der Waals surface area contributed by atoms with Crippen LogP contribution in [0.25, 0.3) is 0 Å². The van der Waals surface area contributed by atoms with Gasteiger partial charge in [0.15, 0.2) is 0 Å². The van der Waals surface area contributed by atoms with Crippen LogP contribution in [0.1, 0.15) is 18.3 Å². The van der Waals surface area contributed by atoms with Gasteiger partial charge in [-0.25, -0.2) is 10.8 Å². The standard InChI is InChI=1S/C12H21N5O/c1-9-5-4-6-11(15-9)7-14-12(17-13)16-10(2)8-18-3/h4-6,10H,7-8,13H2,1-3H3,(H2,14,16,17). The third-order valence-corrected chi connectivity index (χ3v) is 2.28. The first-order valence-corrected chi connectivity index (χ1v) is 5.84. The Labute approximate surface area is 108 Å². The summed E-state index contributed by atoms with van der Waals surface area (Å²) in [7, 11) is 1.65. The molecule has 1 aromatic rings. The minimum atomic E-state index is 0.135. The summed E-state index contributed by atoms with van der Waals surface area (Å²) >= 11 is 0. The Morgan fingerprint density at radius 3 is 2.94 bits per heavy atom. The molecule has 1 heterocycles. The molecule has 4 N–H and O–H groups in total. The van der Waals surface area contributed by atoms with Gasteiger partial charge >= 0.3 is 0 Å². The van der Waals surface area contributed by atoms with Crippen molar-refractivity contribution in [3.05, 3.63) is 29.6 Å². The van der Waals surface area contributed by atoms with E-state index in [2.05, 4.69) is 20.7 Å². The molecule has 18 heavy (non-hydrogen) atoms. The lowest BCUT2D eigenvalue weighted by molar-refractivity contribution is 0.179. The number of aliphatic imine (C=N–C) groups is 1. The predicted octanol–water partition coefficient (Wildman–Crippen LogP) is 0.334. The van der Waals surface area contributed by atoms with Crippen LogP contribution >= 0.6 is 0 Å². The molecule has 6 heteroatoms. The Hall–Kier alpha value is -1.66. The number of guanidine groups is 1.